The Bertz CT molecular complexity index is 98.5. The Balaban J connectivity index is 3.72. The molecule has 2 atom stereocenters. The number of carbonyl (C=O) groups is 1. The van der Waals surface area contributed by atoms with Crippen LogP contribution in [0.4, 0.5) is 0 Å². The van der Waals surface area contributed by atoms with Gasteiger partial charge < -0.3 is 9.84 Å². The third-order valence-corrected chi connectivity index (χ3v) is 1.30. The third kappa shape index (κ3) is 2.46. The predicted octanol–water partition coefficient (Wildman–Crippen LogP) is 0.176. The molecule has 0 rings (SSSR count). The second-order valence-corrected chi connectivity index (χ2v) is 2.05. The van der Waals surface area contributed by atoms with Crippen molar-refractivity contribution in [1.29, 1.82) is 0 Å². The largest absolute Gasteiger partial charge is 0.469 e. The van der Waals surface area contributed by atoms with Gasteiger partial charge in [0.1, 0.15) is 0 Å². The summed E-state index contributed by atoms with van der Waals surface area (Å²) in [5, 5.41) is 8.82. The van der Waals surface area contributed by atoms with Crippen molar-refractivity contribution in [1.82, 2.24) is 0 Å². The van der Waals surface area contributed by atoms with Crippen LogP contribution in [0.15, 0.2) is 0 Å². The monoisotopic (exact) mass is 132 g/mol. The Hall–Kier alpha value is -0.570. The lowest BCUT2D eigenvalue weighted by molar-refractivity contribution is -0.148. The highest BCUT2D eigenvalue weighted by molar-refractivity contribution is 5.72. The highest BCUT2D eigenvalue weighted by Crippen LogP contribution is 2.02. The maximum atomic E-state index is 10.6. The number of aliphatic hydroxyl groups excluding tert-OH is 1. The van der Waals surface area contributed by atoms with Gasteiger partial charge in [-0.2, -0.15) is 0 Å². The summed E-state index contributed by atoms with van der Waals surface area (Å²) in [4.78, 5) is 10.6. The molecule has 0 aromatic heterocycles. The molecule has 0 aromatic rings. The van der Waals surface area contributed by atoms with E-state index in [4.69, 9.17) is 5.11 Å². The molecule has 0 bridgehead atoms. The van der Waals surface area contributed by atoms with Gasteiger partial charge in [0.2, 0.25) is 0 Å². The van der Waals surface area contributed by atoms with E-state index in [0.29, 0.717) is 0 Å². The third-order valence-electron chi connectivity index (χ3n) is 1.30. The van der Waals surface area contributed by atoms with Crippen molar-refractivity contribution in [2.24, 2.45) is 5.92 Å². The minimum atomic E-state index is -0.627. The van der Waals surface area contributed by atoms with Gasteiger partial charge in [0.05, 0.1) is 19.1 Å². The lowest BCUT2D eigenvalue weighted by Crippen LogP contribution is -2.23. The van der Waals surface area contributed by atoms with Crippen LogP contribution in [0.5, 0.6) is 0 Å². The van der Waals surface area contributed by atoms with Gasteiger partial charge >= 0.3 is 5.97 Å². The van der Waals surface area contributed by atoms with Crippen LogP contribution in [0.3, 0.4) is 0 Å². The molecule has 0 aliphatic heterocycles. The minimum Gasteiger partial charge on any atom is -0.469 e. The van der Waals surface area contributed by atoms with E-state index in [2.05, 4.69) is 4.74 Å². The van der Waals surface area contributed by atoms with Crippen LogP contribution in [-0.4, -0.2) is 24.3 Å². The molecule has 0 fully saturated rings. The summed E-state index contributed by atoms with van der Waals surface area (Å²) in [6.45, 7) is 3.18. The molecule has 3 heteroatoms. The van der Waals surface area contributed by atoms with Gasteiger partial charge in [-0.1, -0.05) is 0 Å². The number of methoxy groups -OCH3 is 1. The van der Waals surface area contributed by atoms with E-state index in [0.717, 1.165) is 0 Å². The molecule has 0 saturated carbocycles. The Labute approximate surface area is 54.6 Å². The van der Waals surface area contributed by atoms with Crippen LogP contribution in [0.25, 0.3) is 0 Å². The van der Waals surface area contributed by atoms with Crippen molar-refractivity contribution in [3.05, 3.63) is 0 Å². The number of aliphatic hydroxyl groups is 1. The molecule has 3 nitrogen and oxygen atoms in total. The zero-order valence-corrected chi connectivity index (χ0v) is 5.92. The summed E-state index contributed by atoms with van der Waals surface area (Å²) in [5.74, 6) is -0.792. The molecule has 0 aromatic carbocycles. The first-order valence-electron chi connectivity index (χ1n) is 2.85. The lowest BCUT2D eigenvalue weighted by atomic mass is 10.1. The summed E-state index contributed by atoms with van der Waals surface area (Å²) in [7, 11) is 1.31. The zero-order chi connectivity index (χ0) is 7.44. The number of hydrogen-bond acceptors (Lipinski definition) is 3. The van der Waals surface area contributed by atoms with Crippen LogP contribution < -0.4 is 0 Å². The summed E-state index contributed by atoms with van der Waals surface area (Å²) in [6.07, 6.45) is -0.627. The van der Waals surface area contributed by atoms with Gasteiger partial charge in [-0.25, -0.2) is 0 Å². The van der Waals surface area contributed by atoms with E-state index >= 15 is 0 Å². The molecule has 0 aliphatic rings. The SMILES string of the molecule is COC(=O)[C@H](C)[C@@H](C)O. The van der Waals surface area contributed by atoms with E-state index in [1.807, 2.05) is 0 Å². The van der Waals surface area contributed by atoms with Crippen molar-refractivity contribution < 1.29 is 14.6 Å². The van der Waals surface area contributed by atoms with Gasteiger partial charge in [0.15, 0.2) is 0 Å². The second kappa shape index (κ2) is 3.45. The Morgan fingerprint density at radius 1 is 1.56 bits per heavy atom. The van der Waals surface area contributed by atoms with Crippen molar-refractivity contribution in [2.75, 3.05) is 7.11 Å². The van der Waals surface area contributed by atoms with Crippen LogP contribution >= 0.6 is 0 Å². The van der Waals surface area contributed by atoms with E-state index in [1.165, 1.54) is 7.11 Å². The van der Waals surface area contributed by atoms with Crippen molar-refractivity contribution in [3.8, 4) is 0 Å². The Kier molecular flexibility index (Phi) is 3.24. The molecule has 9 heavy (non-hydrogen) atoms. The fraction of sp³-hybridized carbons (Fsp3) is 0.833. The highest BCUT2D eigenvalue weighted by Gasteiger charge is 2.17. The van der Waals surface area contributed by atoms with E-state index < -0.39 is 12.0 Å². The molecular weight excluding hydrogens is 120 g/mol. The van der Waals surface area contributed by atoms with E-state index in [-0.39, 0.29) is 5.97 Å². The summed E-state index contributed by atoms with van der Waals surface area (Å²) in [5.41, 5.74) is 0. The molecule has 0 spiro atoms. The first-order valence-corrected chi connectivity index (χ1v) is 2.85. The quantitative estimate of drug-likeness (QED) is 0.545. The number of carbonyl (C=O) groups excluding carboxylic acids is 1. The number of hydrogen-bond donors (Lipinski definition) is 1. The van der Waals surface area contributed by atoms with E-state index in [9.17, 15) is 4.79 Å². The Morgan fingerprint density at radius 2 is 2.00 bits per heavy atom. The second-order valence-electron chi connectivity index (χ2n) is 2.05. The molecule has 0 amide bonds. The van der Waals surface area contributed by atoms with Crippen LogP contribution in [-0.2, 0) is 9.53 Å². The first kappa shape index (κ1) is 8.43. The molecule has 0 saturated heterocycles. The highest BCUT2D eigenvalue weighted by atomic mass is 16.5. The standard InChI is InChI=1S/C6H12O3/c1-4(5(2)7)6(8)9-3/h4-5,7H,1-3H3/t4-,5-/m1/s1. The number of rotatable bonds is 2. The normalized spacial score (nSPS) is 16.4. The maximum absolute atomic E-state index is 10.6. The fourth-order valence-corrected chi connectivity index (χ4v) is 0.383. The van der Waals surface area contributed by atoms with Gasteiger partial charge in [-0.05, 0) is 13.8 Å². The predicted molar refractivity (Wildman–Crippen MR) is 32.9 cm³/mol. The van der Waals surface area contributed by atoms with Gasteiger partial charge in [0, 0.05) is 0 Å². The molecule has 0 aliphatic carbocycles. The Morgan fingerprint density at radius 3 is 2.11 bits per heavy atom. The van der Waals surface area contributed by atoms with Gasteiger partial charge in [0.25, 0.3) is 0 Å². The van der Waals surface area contributed by atoms with Gasteiger partial charge in [-0.3, -0.25) is 4.79 Å². The lowest BCUT2D eigenvalue weighted by Gasteiger charge is -2.10. The molecule has 0 unspecified atom stereocenters. The number of esters is 1. The molecule has 1 N–H and O–H groups in total. The van der Waals surface area contributed by atoms with Crippen LogP contribution in [0.1, 0.15) is 13.8 Å². The average molecular weight is 132 g/mol. The number of ether oxygens (including phenoxy) is 1. The first-order chi connectivity index (χ1) is 4.09. The summed E-state index contributed by atoms with van der Waals surface area (Å²) >= 11 is 0. The van der Waals surface area contributed by atoms with Crippen molar-refractivity contribution >= 4 is 5.97 Å². The molecular formula is C6H12O3. The van der Waals surface area contributed by atoms with Gasteiger partial charge in [-0.15, -0.1) is 0 Å². The molecule has 0 heterocycles. The molecule has 54 valence electrons. The van der Waals surface area contributed by atoms with E-state index in [1.54, 1.807) is 13.8 Å². The molecule has 0 radical (unpaired) electrons. The summed E-state index contributed by atoms with van der Waals surface area (Å²) in [6, 6.07) is 0. The van der Waals surface area contributed by atoms with Crippen LogP contribution in [0.2, 0.25) is 0 Å². The average Bonchev–Trinajstić information content (AvgIpc) is 1.84. The summed E-state index contributed by atoms with van der Waals surface area (Å²) < 4.78 is 4.37. The van der Waals surface area contributed by atoms with Crippen molar-refractivity contribution in [2.45, 2.75) is 20.0 Å². The smallest absolute Gasteiger partial charge is 0.310 e. The minimum absolute atomic E-state index is 0.370. The van der Waals surface area contributed by atoms with Crippen LogP contribution in [0, 0.1) is 5.92 Å². The maximum Gasteiger partial charge on any atom is 0.310 e. The zero-order valence-electron chi connectivity index (χ0n) is 5.92. The fourth-order valence-electron chi connectivity index (χ4n) is 0.383. The topological polar surface area (TPSA) is 46.5 Å². The van der Waals surface area contributed by atoms with Crippen molar-refractivity contribution in [3.63, 3.8) is 0 Å².